The number of benzene rings is 3. The second-order valence-corrected chi connectivity index (χ2v) is 9.01. The second-order valence-electron chi connectivity index (χ2n) is 7.07. The minimum atomic E-state index is -3.61. The zero-order valence-electron chi connectivity index (χ0n) is 15.7. The zero-order chi connectivity index (χ0) is 19.6. The third kappa shape index (κ3) is 3.87. The van der Waals surface area contributed by atoms with Crippen molar-refractivity contribution in [1.82, 2.24) is 4.31 Å². The van der Waals surface area contributed by atoms with Gasteiger partial charge in [-0.1, -0.05) is 78.4 Å². The molecule has 0 aliphatic carbocycles. The van der Waals surface area contributed by atoms with Gasteiger partial charge in [-0.2, -0.15) is 4.31 Å². The van der Waals surface area contributed by atoms with Gasteiger partial charge in [-0.25, -0.2) is 8.42 Å². The number of aryl methyl sites for hydroxylation is 1. The molecule has 1 saturated heterocycles. The first-order chi connectivity index (χ1) is 13.5. The molecule has 4 nitrogen and oxygen atoms in total. The van der Waals surface area contributed by atoms with E-state index in [2.05, 4.69) is 0 Å². The van der Waals surface area contributed by atoms with E-state index >= 15 is 0 Å². The lowest BCUT2D eigenvalue weighted by Crippen LogP contribution is -2.43. The second kappa shape index (κ2) is 7.87. The van der Waals surface area contributed by atoms with Gasteiger partial charge in [0.2, 0.25) is 10.0 Å². The van der Waals surface area contributed by atoms with Crippen LogP contribution in [0, 0.1) is 6.92 Å². The predicted molar refractivity (Wildman–Crippen MR) is 109 cm³/mol. The Labute approximate surface area is 166 Å². The largest absolute Gasteiger partial charge is 0.363 e. The Balaban J connectivity index is 1.70. The van der Waals surface area contributed by atoms with Crippen LogP contribution in [0.3, 0.4) is 0 Å². The van der Waals surface area contributed by atoms with Crippen LogP contribution in [0.2, 0.25) is 0 Å². The first-order valence-corrected chi connectivity index (χ1v) is 10.8. The van der Waals surface area contributed by atoms with Crippen molar-refractivity contribution in [3.05, 3.63) is 102 Å². The van der Waals surface area contributed by atoms with Crippen molar-refractivity contribution in [1.29, 1.82) is 0 Å². The molecule has 2 atom stereocenters. The molecule has 3 aromatic carbocycles. The highest BCUT2D eigenvalue weighted by molar-refractivity contribution is 7.89. The van der Waals surface area contributed by atoms with Crippen molar-refractivity contribution >= 4 is 10.0 Å². The highest BCUT2D eigenvalue weighted by atomic mass is 32.2. The average Bonchev–Trinajstić information content (AvgIpc) is 2.75. The zero-order valence-corrected chi connectivity index (χ0v) is 16.5. The highest BCUT2D eigenvalue weighted by Crippen LogP contribution is 2.35. The van der Waals surface area contributed by atoms with Crippen LogP contribution in [0.25, 0.3) is 0 Å². The lowest BCUT2D eigenvalue weighted by atomic mass is 10.0. The number of morpholine rings is 1. The number of hydrogen-bond donors (Lipinski definition) is 0. The molecule has 144 valence electrons. The Morgan fingerprint density at radius 1 is 0.750 bits per heavy atom. The molecule has 4 rings (SSSR count). The van der Waals surface area contributed by atoms with Crippen molar-refractivity contribution in [2.24, 2.45) is 0 Å². The van der Waals surface area contributed by atoms with Gasteiger partial charge in [-0.15, -0.1) is 0 Å². The first kappa shape index (κ1) is 18.9. The SMILES string of the molecule is Cc1ccc(S(=O)(=O)N2C[C@@H](c3ccccc3)O[C@H](c3ccccc3)C2)cc1. The van der Waals surface area contributed by atoms with E-state index in [0.29, 0.717) is 18.0 Å². The molecule has 28 heavy (non-hydrogen) atoms. The monoisotopic (exact) mass is 393 g/mol. The fourth-order valence-corrected chi connectivity index (χ4v) is 4.93. The molecule has 1 fully saturated rings. The minimum Gasteiger partial charge on any atom is -0.363 e. The van der Waals surface area contributed by atoms with Crippen LogP contribution in [0.1, 0.15) is 28.9 Å². The fraction of sp³-hybridized carbons (Fsp3) is 0.217. The summed E-state index contributed by atoms with van der Waals surface area (Å²) in [7, 11) is -3.61. The number of sulfonamides is 1. The molecule has 0 bridgehead atoms. The standard InChI is InChI=1S/C23H23NO3S/c1-18-12-14-21(15-13-18)28(25,26)24-16-22(19-8-4-2-5-9-19)27-23(17-24)20-10-6-3-7-11-20/h2-15,22-23H,16-17H2,1H3/t22-,23-/m0/s1. The topological polar surface area (TPSA) is 46.6 Å². The molecule has 0 radical (unpaired) electrons. The highest BCUT2D eigenvalue weighted by Gasteiger charge is 2.36. The van der Waals surface area contributed by atoms with Gasteiger partial charge in [0.1, 0.15) is 0 Å². The van der Waals surface area contributed by atoms with Gasteiger partial charge in [-0.05, 0) is 30.2 Å². The molecular weight excluding hydrogens is 370 g/mol. The summed E-state index contributed by atoms with van der Waals surface area (Å²) >= 11 is 0. The predicted octanol–water partition coefficient (Wildman–Crippen LogP) is 4.50. The molecule has 0 amide bonds. The maximum atomic E-state index is 13.3. The third-order valence-corrected chi connectivity index (χ3v) is 6.91. The van der Waals surface area contributed by atoms with E-state index < -0.39 is 10.0 Å². The average molecular weight is 394 g/mol. The molecule has 0 unspecified atom stereocenters. The third-order valence-electron chi connectivity index (χ3n) is 5.07. The first-order valence-electron chi connectivity index (χ1n) is 9.36. The van der Waals surface area contributed by atoms with Crippen LogP contribution in [0.5, 0.6) is 0 Å². The van der Waals surface area contributed by atoms with E-state index in [9.17, 15) is 8.42 Å². The van der Waals surface area contributed by atoms with Gasteiger partial charge in [0.15, 0.2) is 0 Å². The van der Waals surface area contributed by atoms with Crippen molar-refractivity contribution in [2.45, 2.75) is 24.0 Å². The van der Waals surface area contributed by atoms with E-state index in [-0.39, 0.29) is 12.2 Å². The molecule has 0 N–H and O–H groups in total. The Morgan fingerprint density at radius 3 is 1.68 bits per heavy atom. The van der Waals surface area contributed by atoms with Gasteiger partial charge in [0.25, 0.3) is 0 Å². The molecule has 0 saturated carbocycles. The molecular formula is C23H23NO3S. The maximum absolute atomic E-state index is 13.3. The van der Waals surface area contributed by atoms with E-state index in [1.54, 1.807) is 16.4 Å². The van der Waals surface area contributed by atoms with Gasteiger partial charge >= 0.3 is 0 Å². The summed E-state index contributed by atoms with van der Waals surface area (Å²) in [5.74, 6) is 0. The van der Waals surface area contributed by atoms with E-state index in [4.69, 9.17) is 4.74 Å². The van der Waals surface area contributed by atoms with Crippen molar-refractivity contribution < 1.29 is 13.2 Å². The Bertz CT molecular complexity index is 971. The molecule has 1 aliphatic heterocycles. The Kier molecular flexibility index (Phi) is 5.31. The number of hydrogen-bond acceptors (Lipinski definition) is 3. The lowest BCUT2D eigenvalue weighted by molar-refractivity contribution is -0.0671. The number of ether oxygens (including phenoxy) is 1. The minimum absolute atomic E-state index is 0.295. The maximum Gasteiger partial charge on any atom is 0.243 e. The van der Waals surface area contributed by atoms with Crippen molar-refractivity contribution in [3.8, 4) is 0 Å². The van der Waals surface area contributed by atoms with Crippen LogP contribution in [-0.2, 0) is 14.8 Å². The van der Waals surface area contributed by atoms with Gasteiger partial charge in [0.05, 0.1) is 17.1 Å². The van der Waals surface area contributed by atoms with Gasteiger partial charge in [-0.3, -0.25) is 0 Å². The molecule has 0 spiro atoms. The normalized spacial score (nSPS) is 20.8. The molecule has 1 heterocycles. The molecule has 0 aromatic heterocycles. The van der Waals surface area contributed by atoms with Crippen molar-refractivity contribution in [3.63, 3.8) is 0 Å². The van der Waals surface area contributed by atoms with Crippen LogP contribution in [-0.4, -0.2) is 25.8 Å². The molecule has 1 aliphatic rings. The summed E-state index contributed by atoms with van der Waals surface area (Å²) in [5.41, 5.74) is 2.99. The summed E-state index contributed by atoms with van der Waals surface area (Å²) in [6, 6.07) is 26.6. The molecule has 3 aromatic rings. The van der Waals surface area contributed by atoms with Crippen LogP contribution in [0.15, 0.2) is 89.8 Å². The summed E-state index contributed by atoms with van der Waals surface area (Å²) < 4.78 is 34.5. The number of rotatable bonds is 4. The lowest BCUT2D eigenvalue weighted by Gasteiger charge is -2.37. The van der Waals surface area contributed by atoms with Crippen LogP contribution in [0.4, 0.5) is 0 Å². The number of nitrogens with zero attached hydrogens (tertiary/aromatic N) is 1. The summed E-state index contributed by atoms with van der Waals surface area (Å²) in [6.45, 7) is 2.54. The Hall–Kier alpha value is -2.47. The van der Waals surface area contributed by atoms with Crippen LogP contribution >= 0.6 is 0 Å². The quantitative estimate of drug-likeness (QED) is 0.656. The van der Waals surface area contributed by atoms with Gasteiger partial charge < -0.3 is 4.74 Å². The van der Waals surface area contributed by atoms with E-state index in [1.165, 1.54) is 0 Å². The van der Waals surface area contributed by atoms with E-state index in [0.717, 1.165) is 16.7 Å². The Morgan fingerprint density at radius 2 is 1.21 bits per heavy atom. The van der Waals surface area contributed by atoms with Gasteiger partial charge in [0, 0.05) is 13.1 Å². The summed E-state index contributed by atoms with van der Waals surface area (Å²) in [6.07, 6.45) is -0.638. The smallest absolute Gasteiger partial charge is 0.243 e. The van der Waals surface area contributed by atoms with Crippen LogP contribution < -0.4 is 0 Å². The van der Waals surface area contributed by atoms with Crippen molar-refractivity contribution in [2.75, 3.05) is 13.1 Å². The fourth-order valence-electron chi connectivity index (χ4n) is 3.49. The summed E-state index contributed by atoms with van der Waals surface area (Å²) in [5, 5.41) is 0. The molecule has 5 heteroatoms. The summed E-state index contributed by atoms with van der Waals surface area (Å²) in [4.78, 5) is 0.318. The van der Waals surface area contributed by atoms with E-state index in [1.807, 2.05) is 79.7 Å².